The number of carbonyl (C=O) groups is 1. The number of hydrogen-bond donors (Lipinski definition) is 1. The smallest absolute Gasteiger partial charge is 0.226 e. The topological polar surface area (TPSA) is 108 Å². The van der Waals surface area contributed by atoms with Crippen molar-refractivity contribution in [2.45, 2.75) is 33.1 Å². The molecule has 0 fully saturated rings. The van der Waals surface area contributed by atoms with E-state index in [1.807, 2.05) is 31.2 Å². The second-order valence-corrected chi connectivity index (χ2v) is 8.50. The fourth-order valence-electron chi connectivity index (χ4n) is 4.11. The summed E-state index contributed by atoms with van der Waals surface area (Å²) >= 11 is 0. The third kappa shape index (κ3) is 3.77. The highest BCUT2D eigenvalue weighted by Crippen LogP contribution is 2.42. The van der Waals surface area contributed by atoms with Crippen LogP contribution in [-0.2, 0) is 4.79 Å². The Balaban J connectivity index is 1.56. The molecule has 4 heterocycles. The quantitative estimate of drug-likeness (QED) is 0.484. The first-order valence-electron chi connectivity index (χ1n) is 10.8. The van der Waals surface area contributed by atoms with E-state index in [4.69, 9.17) is 14.6 Å². The molecule has 5 rings (SSSR count). The van der Waals surface area contributed by atoms with Crippen LogP contribution in [0, 0.1) is 12.8 Å². The molecule has 170 valence electrons. The van der Waals surface area contributed by atoms with Crippen LogP contribution in [0.4, 0.5) is 5.82 Å². The molecule has 0 radical (unpaired) electrons. The standard InChI is InChI=1S/C23H25N7O3/c1-13(2)11-33-17-6-5-15(9-18(17)32-4)16-10-21(31)25-23-22(16)14(3)27-30(23)20-8-7-19-26-24-12-29(19)28-20/h5-9,12-13,16H,10-11H2,1-4H3,(H,25,31)/t16-/m1/s1. The SMILES string of the molecule is COc1cc([C@H]2CC(=O)Nc3c2c(C)nn3-c2ccc3nncn3n2)ccc1OCC(C)C. The Kier molecular flexibility index (Phi) is 5.20. The Labute approximate surface area is 190 Å². The second kappa shape index (κ2) is 8.19. The summed E-state index contributed by atoms with van der Waals surface area (Å²) in [5.74, 6) is 2.65. The van der Waals surface area contributed by atoms with Crippen molar-refractivity contribution in [2.75, 3.05) is 19.0 Å². The Morgan fingerprint density at radius 3 is 2.82 bits per heavy atom. The van der Waals surface area contributed by atoms with Crippen molar-refractivity contribution in [2.24, 2.45) is 5.92 Å². The van der Waals surface area contributed by atoms with Gasteiger partial charge in [0.05, 0.1) is 19.4 Å². The van der Waals surface area contributed by atoms with Crippen LogP contribution >= 0.6 is 0 Å². The molecular formula is C23H25N7O3. The van der Waals surface area contributed by atoms with Crippen molar-refractivity contribution in [3.8, 4) is 17.3 Å². The van der Waals surface area contributed by atoms with Gasteiger partial charge in [-0.15, -0.1) is 15.3 Å². The molecule has 10 nitrogen and oxygen atoms in total. The number of aromatic nitrogens is 6. The number of methoxy groups -OCH3 is 1. The predicted molar refractivity (Wildman–Crippen MR) is 121 cm³/mol. The number of ether oxygens (including phenoxy) is 2. The highest BCUT2D eigenvalue weighted by Gasteiger charge is 2.33. The zero-order valence-corrected chi connectivity index (χ0v) is 18.9. The summed E-state index contributed by atoms with van der Waals surface area (Å²) in [6.07, 6.45) is 1.84. The summed E-state index contributed by atoms with van der Waals surface area (Å²) in [6.45, 7) is 6.73. The van der Waals surface area contributed by atoms with E-state index < -0.39 is 0 Å². The number of amides is 1. The minimum Gasteiger partial charge on any atom is -0.493 e. The van der Waals surface area contributed by atoms with Crippen molar-refractivity contribution in [3.63, 3.8) is 0 Å². The summed E-state index contributed by atoms with van der Waals surface area (Å²) in [4.78, 5) is 12.7. The molecule has 4 aromatic rings. The number of rotatable bonds is 6. The monoisotopic (exact) mass is 447 g/mol. The van der Waals surface area contributed by atoms with Gasteiger partial charge in [-0.3, -0.25) is 4.79 Å². The molecule has 1 amide bonds. The van der Waals surface area contributed by atoms with E-state index in [9.17, 15) is 4.79 Å². The number of aryl methyl sites for hydroxylation is 1. The molecule has 0 unspecified atom stereocenters. The van der Waals surface area contributed by atoms with Crippen LogP contribution < -0.4 is 14.8 Å². The first-order chi connectivity index (χ1) is 15.9. The number of hydrogen-bond acceptors (Lipinski definition) is 7. The van der Waals surface area contributed by atoms with Crippen LogP contribution in [0.15, 0.2) is 36.7 Å². The van der Waals surface area contributed by atoms with Crippen molar-refractivity contribution in [1.82, 2.24) is 29.6 Å². The average molecular weight is 447 g/mol. The van der Waals surface area contributed by atoms with E-state index in [1.165, 1.54) is 6.33 Å². The molecule has 0 aliphatic carbocycles. The van der Waals surface area contributed by atoms with E-state index in [2.05, 4.69) is 34.5 Å². The van der Waals surface area contributed by atoms with Gasteiger partial charge < -0.3 is 14.8 Å². The third-order valence-electron chi connectivity index (χ3n) is 5.63. The molecule has 10 heteroatoms. The Morgan fingerprint density at radius 2 is 2.03 bits per heavy atom. The van der Waals surface area contributed by atoms with Gasteiger partial charge in [-0.1, -0.05) is 19.9 Å². The van der Waals surface area contributed by atoms with E-state index in [0.29, 0.717) is 47.7 Å². The summed E-state index contributed by atoms with van der Waals surface area (Å²) in [6, 6.07) is 9.45. The van der Waals surface area contributed by atoms with Gasteiger partial charge in [0, 0.05) is 17.9 Å². The van der Waals surface area contributed by atoms with Crippen molar-refractivity contribution < 1.29 is 14.3 Å². The van der Waals surface area contributed by atoms with E-state index in [0.717, 1.165) is 16.8 Å². The number of nitrogens with zero attached hydrogens (tertiary/aromatic N) is 6. The lowest BCUT2D eigenvalue weighted by atomic mass is 9.85. The van der Waals surface area contributed by atoms with Gasteiger partial charge >= 0.3 is 0 Å². The van der Waals surface area contributed by atoms with Crippen LogP contribution in [0.1, 0.15) is 43.0 Å². The first kappa shape index (κ1) is 20.9. The van der Waals surface area contributed by atoms with Gasteiger partial charge in [0.15, 0.2) is 23.0 Å². The maximum atomic E-state index is 12.7. The number of anilines is 1. The van der Waals surface area contributed by atoms with E-state index >= 15 is 0 Å². The van der Waals surface area contributed by atoms with Crippen LogP contribution in [0.25, 0.3) is 11.5 Å². The highest BCUT2D eigenvalue weighted by atomic mass is 16.5. The third-order valence-corrected chi connectivity index (χ3v) is 5.63. The lowest BCUT2D eigenvalue weighted by Crippen LogP contribution is -2.25. The van der Waals surface area contributed by atoms with Crippen LogP contribution in [0.3, 0.4) is 0 Å². The van der Waals surface area contributed by atoms with E-state index in [-0.39, 0.29) is 11.8 Å². The summed E-state index contributed by atoms with van der Waals surface area (Å²) < 4.78 is 14.7. The zero-order chi connectivity index (χ0) is 23.1. The zero-order valence-electron chi connectivity index (χ0n) is 18.9. The molecule has 0 spiro atoms. The maximum absolute atomic E-state index is 12.7. The Bertz CT molecular complexity index is 1340. The number of benzene rings is 1. The fraction of sp³-hybridized carbons (Fsp3) is 0.348. The van der Waals surface area contributed by atoms with Crippen molar-refractivity contribution in [1.29, 1.82) is 0 Å². The lowest BCUT2D eigenvalue weighted by Gasteiger charge is -2.25. The van der Waals surface area contributed by atoms with Crippen LogP contribution in [-0.4, -0.2) is 49.2 Å². The predicted octanol–water partition coefficient (Wildman–Crippen LogP) is 3.14. The molecule has 3 aromatic heterocycles. The molecule has 1 atom stereocenters. The van der Waals surface area contributed by atoms with Gasteiger partial charge in [-0.2, -0.15) is 14.3 Å². The molecule has 1 N–H and O–H groups in total. The summed E-state index contributed by atoms with van der Waals surface area (Å²) in [5.41, 5.74) is 3.37. The summed E-state index contributed by atoms with van der Waals surface area (Å²) in [7, 11) is 1.62. The Hall–Kier alpha value is -3.95. The molecular weight excluding hydrogens is 422 g/mol. The fourth-order valence-corrected chi connectivity index (χ4v) is 4.11. The van der Waals surface area contributed by atoms with Crippen molar-refractivity contribution in [3.05, 3.63) is 53.5 Å². The highest BCUT2D eigenvalue weighted by molar-refractivity contribution is 5.95. The first-order valence-corrected chi connectivity index (χ1v) is 10.8. The van der Waals surface area contributed by atoms with Crippen molar-refractivity contribution >= 4 is 17.4 Å². The molecule has 0 saturated carbocycles. The summed E-state index contributed by atoms with van der Waals surface area (Å²) in [5, 5.41) is 20.1. The van der Waals surface area contributed by atoms with Gasteiger partial charge in [-0.25, -0.2) is 0 Å². The van der Waals surface area contributed by atoms with Gasteiger partial charge in [-0.05, 0) is 42.7 Å². The molecule has 0 saturated heterocycles. The largest absolute Gasteiger partial charge is 0.493 e. The molecule has 1 aliphatic rings. The molecule has 0 bridgehead atoms. The van der Waals surface area contributed by atoms with Gasteiger partial charge in [0.1, 0.15) is 12.1 Å². The van der Waals surface area contributed by atoms with Crippen LogP contribution in [0.5, 0.6) is 11.5 Å². The normalized spacial score (nSPS) is 15.5. The maximum Gasteiger partial charge on any atom is 0.226 e. The minimum atomic E-state index is -0.172. The second-order valence-electron chi connectivity index (χ2n) is 8.50. The lowest BCUT2D eigenvalue weighted by molar-refractivity contribution is -0.116. The van der Waals surface area contributed by atoms with Gasteiger partial charge in [0.2, 0.25) is 5.91 Å². The average Bonchev–Trinajstić information content (AvgIpc) is 3.40. The number of fused-ring (bicyclic) bond motifs is 2. The molecule has 1 aromatic carbocycles. The Morgan fingerprint density at radius 1 is 1.18 bits per heavy atom. The van der Waals surface area contributed by atoms with Gasteiger partial charge in [0.25, 0.3) is 0 Å². The number of nitrogens with one attached hydrogen (secondary N) is 1. The minimum absolute atomic E-state index is 0.0851. The van der Waals surface area contributed by atoms with Crippen LogP contribution in [0.2, 0.25) is 0 Å². The molecule has 1 aliphatic heterocycles. The number of carbonyl (C=O) groups excluding carboxylic acids is 1. The van der Waals surface area contributed by atoms with E-state index in [1.54, 1.807) is 22.4 Å². The molecule has 33 heavy (non-hydrogen) atoms.